The monoisotopic (exact) mass is 378 g/mol. The van der Waals surface area contributed by atoms with Crippen LogP contribution in [0.2, 0.25) is 0 Å². The summed E-state index contributed by atoms with van der Waals surface area (Å²) in [4.78, 5) is 11.6. The minimum Gasteiger partial charge on any atom is -0.504 e. The highest BCUT2D eigenvalue weighted by Gasteiger charge is 2.02. The lowest BCUT2D eigenvalue weighted by atomic mass is 10.2. The summed E-state index contributed by atoms with van der Waals surface area (Å²) in [6.07, 6.45) is 1.41. The molecule has 6 nitrogen and oxygen atoms in total. The van der Waals surface area contributed by atoms with Crippen LogP contribution >= 0.6 is 15.9 Å². The van der Waals surface area contributed by atoms with Crippen LogP contribution in [0, 0.1) is 0 Å². The molecule has 0 spiro atoms. The molecule has 0 unspecified atom stereocenters. The minimum absolute atomic E-state index is 0.00125. The standard InChI is InChI=1S/C16H15BrN2O4/c1-22-15-7-2-11(8-14(15)20)9-18-19-16(21)10-23-13-5-3-12(17)4-6-13/h2-9,20H,10H2,1H3,(H,19,21)/b18-9-. The second kappa shape index (κ2) is 8.19. The Morgan fingerprint density at radius 3 is 2.70 bits per heavy atom. The van der Waals surface area contributed by atoms with E-state index in [1.54, 1.807) is 24.3 Å². The van der Waals surface area contributed by atoms with Gasteiger partial charge >= 0.3 is 0 Å². The molecule has 2 rings (SSSR count). The molecule has 2 N–H and O–H groups in total. The van der Waals surface area contributed by atoms with Crippen LogP contribution in [0.15, 0.2) is 52.0 Å². The Kier molecular flexibility index (Phi) is 5.99. The summed E-state index contributed by atoms with van der Waals surface area (Å²) in [6.45, 7) is -0.146. The number of nitrogens with one attached hydrogen (secondary N) is 1. The number of methoxy groups -OCH3 is 1. The molecule has 0 bridgehead atoms. The van der Waals surface area contributed by atoms with Crippen molar-refractivity contribution >= 4 is 28.1 Å². The van der Waals surface area contributed by atoms with Crippen molar-refractivity contribution in [1.29, 1.82) is 0 Å². The number of phenolic OH excluding ortho intramolecular Hbond substituents is 1. The van der Waals surface area contributed by atoms with Crippen LogP contribution in [-0.2, 0) is 4.79 Å². The quantitative estimate of drug-likeness (QED) is 0.598. The molecule has 0 aliphatic heterocycles. The van der Waals surface area contributed by atoms with E-state index in [2.05, 4.69) is 26.5 Å². The number of ether oxygens (including phenoxy) is 2. The molecule has 0 saturated carbocycles. The fourth-order valence-corrected chi connectivity index (χ4v) is 1.94. The third kappa shape index (κ3) is 5.30. The maximum absolute atomic E-state index is 11.6. The number of nitrogens with zero attached hydrogens (tertiary/aromatic N) is 1. The molecule has 0 atom stereocenters. The van der Waals surface area contributed by atoms with E-state index >= 15 is 0 Å². The Balaban J connectivity index is 1.81. The van der Waals surface area contributed by atoms with E-state index in [4.69, 9.17) is 9.47 Å². The van der Waals surface area contributed by atoms with Gasteiger partial charge in [0.2, 0.25) is 0 Å². The number of aromatic hydroxyl groups is 1. The summed E-state index contributed by atoms with van der Waals surface area (Å²) >= 11 is 3.32. The summed E-state index contributed by atoms with van der Waals surface area (Å²) in [6, 6.07) is 11.9. The van der Waals surface area contributed by atoms with E-state index < -0.39 is 0 Å². The molecule has 7 heteroatoms. The van der Waals surface area contributed by atoms with Crippen LogP contribution in [0.4, 0.5) is 0 Å². The topological polar surface area (TPSA) is 80.2 Å². The van der Waals surface area contributed by atoms with Crippen molar-refractivity contribution in [3.63, 3.8) is 0 Å². The summed E-state index contributed by atoms with van der Waals surface area (Å²) < 4.78 is 11.2. The lowest BCUT2D eigenvalue weighted by molar-refractivity contribution is -0.123. The number of hydrogen-bond acceptors (Lipinski definition) is 5. The van der Waals surface area contributed by atoms with E-state index in [9.17, 15) is 9.90 Å². The number of halogens is 1. The number of carbonyl (C=O) groups is 1. The molecule has 1 amide bonds. The van der Waals surface area contributed by atoms with Crippen LogP contribution < -0.4 is 14.9 Å². The maximum atomic E-state index is 11.6. The van der Waals surface area contributed by atoms with Gasteiger partial charge in [-0.2, -0.15) is 5.10 Å². The van der Waals surface area contributed by atoms with Gasteiger partial charge in [-0.25, -0.2) is 5.43 Å². The molecule has 0 saturated heterocycles. The number of amides is 1. The summed E-state index contributed by atoms with van der Waals surface area (Å²) in [7, 11) is 1.47. The second-order valence-corrected chi connectivity index (χ2v) is 5.38. The van der Waals surface area contributed by atoms with Gasteiger partial charge in [0, 0.05) is 4.47 Å². The van der Waals surface area contributed by atoms with E-state index in [0.717, 1.165) is 4.47 Å². The van der Waals surface area contributed by atoms with Crippen LogP contribution in [0.5, 0.6) is 17.2 Å². The van der Waals surface area contributed by atoms with Crippen LogP contribution in [0.25, 0.3) is 0 Å². The first-order valence-electron chi connectivity index (χ1n) is 6.66. The summed E-state index contributed by atoms with van der Waals surface area (Å²) in [5, 5.41) is 13.4. The molecule has 2 aromatic carbocycles. The van der Waals surface area contributed by atoms with Crippen LogP contribution in [0.1, 0.15) is 5.56 Å². The molecule has 120 valence electrons. The van der Waals surface area contributed by atoms with E-state index in [0.29, 0.717) is 17.1 Å². The maximum Gasteiger partial charge on any atom is 0.277 e. The second-order valence-electron chi connectivity index (χ2n) is 4.47. The lowest BCUT2D eigenvalue weighted by Crippen LogP contribution is -2.24. The first-order chi connectivity index (χ1) is 11.1. The molecule has 0 aromatic heterocycles. The molecule has 2 aromatic rings. The predicted molar refractivity (Wildman–Crippen MR) is 90.0 cm³/mol. The van der Waals surface area contributed by atoms with E-state index in [-0.39, 0.29) is 18.3 Å². The van der Waals surface area contributed by atoms with Gasteiger partial charge in [0.15, 0.2) is 18.1 Å². The molecule has 0 heterocycles. The average molecular weight is 379 g/mol. The van der Waals surface area contributed by atoms with Crippen molar-refractivity contribution in [3.8, 4) is 17.2 Å². The summed E-state index contributed by atoms with van der Waals surface area (Å²) in [5.74, 6) is 0.574. The van der Waals surface area contributed by atoms with Crippen molar-refractivity contribution in [2.45, 2.75) is 0 Å². The van der Waals surface area contributed by atoms with Gasteiger partial charge < -0.3 is 14.6 Å². The Morgan fingerprint density at radius 2 is 2.04 bits per heavy atom. The van der Waals surface area contributed by atoms with Crippen molar-refractivity contribution in [1.82, 2.24) is 5.43 Å². The highest BCUT2D eigenvalue weighted by atomic mass is 79.9. The number of hydrogen-bond donors (Lipinski definition) is 2. The Hall–Kier alpha value is -2.54. The fraction of sp³-hybridized carbons (Fsp3) is 0.125. The average Bonchev–Trinajstić information content (AvgIpc) is 2.54. The first-order valence-corrected chi connectivity index (χ1v) is 7.45. The fourth-order valence-electron chi connectivity index (χ4n) is 1.68. The van der Waals surface area contributed by atoms with Gasteiger partial charge in [-0.3, -0.25) is 4.79 Å². The van der Waals surface area contributed by atoms with E-state index in [1.165, 1.54) is 19.4 Å². The Labute approximate surface area is 141 Å². The molecule has 0 fully saturated rings. The Morgan fingerprint density at radius 1 is 1.30 bits per heavy atom. The number of phenols is 1. The van der Waals surface area contributed by atoms with Gasteiger partial charge in [0.1, 0.15) is 5.75 Å². The first kappa shape index (κ1) is 16.8. The predicted octanol–water partition coefficient (Wildman–Crippen LogP) is 2.69. The third-order valence-electron chi connectivity index (χ3n) is 2.79. The van der Waals surface area contributed by atoms with Gasteiger partial charge in [-0.05, 0) is 48.0 Å². The normalized spacial score (nSPS) is 10.5. The van der Waals surface area contributed by atoms with Crippen LogP contribution in [-0.4, -0.2) is 30.9 Å². The smallest absolute Gasteiger partial charge is 0.277 e. The highest BCUT2D eigenvalue weighted by Crippen LogP contribution is 2.25. The highest BCUT2D eigenvalue weighted by molar-refractivity contribution is 9.10. The molecule has 23 heavy (non-hydrogen) atoms. The lowest BCUT2D eigenvalue weighted by Gasteiger charge is -2.05. The molecule has 0 aliphatic rings. The number of rotatable bonds is 6. The zero-order chi connectivity index (χ0) is 16.7. The SMILES string of the molecule is COc1ccc(/C=N\NC(=O)COc2ccc(Br)cc2)cc1O. The molecule has 0 radical (unpaired) electrons. The Bertz CT molecular complexity index is 702. The van der Waals surface area contributed by atoms with Gasteiger partial charge in [-0.1, -0.05) is 15.9 Å². The van der Waals surface area contributed by atoms with Gasteiger partial charge in [0.25, 0.3) is 5.91 Å². The van der Waals surface area contributed by atoms with E-state index in [1.807, 2.05) is 12.1 Å². The number of benzene rings is 2. The summed E-state index contributed by atoms with van der Waals surface area (Å²) in [5.41, 5.74) is 2.97. The third-order valence-corrected chi connectivity index (χ3v) is 3.32. The van der Waals surface area contributed by atoms with Crippen molar-refractivity contribution in [3.05, 3.63) is 52.5 Å². The van der Waals surface area contributed by atoms with Gasteiger partial charge in [-0.15, -0.1) is 0 Å². The zero-order valence-electron chi connectivity index (χ0n) is 12.3. The number of hydrazone groups is 1. The van der Waals surface area contributed by atoms with Crippen LogP contribution in [0.3, 0.4) is 0 Å². The molecule has 0 aliphatic carbocycles. The molecular formula is C16H15BrN2O4. The zero-order valence-corrected chi connectivity index (χ0v) is 13.9. The molecular weight excluding hydrogens is 364 g/mol. The van der Waals surface area contributed by atoms with Crippen molar-refractivity contribution in [2.24, 2.45) is 5.10 Å². The minimum atomic E-state index is -0.387. The van der Waals surface area contributed by atoms with Crippen molar-refractivity contribution < 1.29 is 19.4 Å². The number of carbonyl (C=O) groups excluding carboxylic acids is 1. The van der Waals surface area contributed by atoms with Crippen molar-refractivity contribution in [2.75, 3.05) is 13.7 Å². The largest absolute Gasteiger partial charge is 0.504 e. The van der Waals surface area contributed by atoms with Gasteiger partial charge in [0.05, 0.1) is 13.3 Å².